The monoisotopic (exact) mass is 281 g/mol. The molecule has 1 amide bonds. The van der Waals surface area contributed by atoms with Crippen LogP contribution in [0.25, 0.3) is 0 Å². The summed E-state index contributed by atoms with van der Waals surface area (Å²) in [4.78, 5) is 18.5. The molecule has 0 saturated carbocycles. The predicted molar refractivity (Wildman–Crippen MR) is 74.9 cm³/mol. The maximum atomic E-state index is 11.8. The van der Waals surface area contributed by atoms with Crippen LogP contribution >= 0.6 is 22.7 Å². The van der Waals surface area contributed by atoms with Crippen molar-refractivity contribution in [2.45, 2.75) is 26.4 Å². The van der Waals surface area contributed by atoms with Gasteiger partial charge in [0.15, 0.2) is 0 Å². The van der Waals surface area contributed by atoms with Crippen LogP contribution < -0.4 is 11.1 Å². The van der Waals surface area contributed by atoms with Crippen molar-refractivity contribution in [1.82, 2.24) is 10.3 Å². The largest absolute Gasteiger partial charge is 0.346 e. The lowest BCUT2D eigenvalue weighted by atomic mass is 10.3. The lowest BCUT2D eigenvalue weighted by Crippen LogP contribution is -2.22. The van der Waals surface area contributed by atoms with Gasteiger partial charge in [0.05, 0.1) is 6.54 Å². The molecular formula is C12H15N3OS2. The summed E-state index contributed by atoms with van der Waals surface area (Å²) in [5.74, 6) is -0.141. The van der Waals surface area contributed by atoms with Crippen LogP contribution in [0.15, 0.2) is 17.5 Å². The van der Waals surface area contributed by atoms with E-state index in [2.05, 4.69) is 29.4 Å². The van der Waals surface area contributed by atoms with E-state index in [0.29, 0.717) is 18.8 Å². The van der Waals surface area contributed by atoms with E-state index in [4.69, 9.17) is 5.73 Å². The summed E-state index contributed by atoms with van der Waals surface area (Å²) in [6.07, 6.45) is 1.03. The van der Waals surface area contributed by atoms with Gasteiger partial charge in [0.2, 0.25) is 0 Å². The van der Waals surface area contributed by atoms with E-state index < -0.39 is 0 Å². The number of thiophene rings is 1. The molecule has 2 heterocycles. The molecule has 2 rings (SSSR count). The maximum Gasteiger partial charge on any atom is 0.271 e. The second-order valence-corrected chi connectivity index (χ2v) is 5.93. The summed E-state index contributed by atoms with van der Waals surface area (Å²) in [6, 6.07) is 4.15. The van der Waals surface area contributed by atoms with E-state index >= 15 is 0 Å². The SMILES string of the molecule is CCc1ccc(CNC(=O)c2csc(CN)n2)s1. The molecule has 18 heavy (non-hydrogen) atoms. The molecule has 0 aliphatic carbocycles. The van der Waals surface area contributed by atoms with Gasteiger partial charge < -0.3 is 11.1 Å². The van der Waals surface area contributed by atoms with Crippen LogP contribution in [0.4, 0.5) is 0 Å². The van der Waals surface area contributed by atoms with Crippen LogP contribution in [0.1, 0.15) is 32.2 Å². The highest BCUT2D eigenvalue weighted by atomic mass is 32.1. The number of amides is 1. The van der Waals surface area contributed by atoms with Gasteiger partial charge in [-0.25, -0.2) is 4.98 Å². The van der Waals surface area contributed by atoms with E-state index in [1.807, 2.05) is 0 Å². The zero-order valence-corrected chi connectivity index (χ0v) is 11.7. The molecule has 6 heteroatoms. The summed E-state index contributed by atoms with van der Waals surface area (Å²) >= 11 is 3.14. The standard InChI is InChI=1S/C12H15N3OS2/c1-2-8-3-4-9(18-8)6-14-12(16)10-7-17-11(5-13)15-10/h3-4,7H,2,5-6,13H2,1H3,(H,14,16). The van der Waals surface area contributed by atoms with Crippen LogP contribution in [-0.4, -0.2) is 10.9 Å². The number of carbonyl (C=O) groups is 1. The quantitative estimate of drug-likeness (QED) is 0.882. The second-order valence-electron chi connectivity index (χ2n) is 3.73. The first-order chi connectivity index (χ1) is 8.72. The Labute approximate surface area is 114 Å². The number of nitrogens with two attached hydrogens (primary N) is 1. The first-order valence-corrected chi connectivity index (χ1v) is 7.42. The number of aryl methyl sites for hydroxylation is 1. The molecular weight excluding hydrogens is 266 g/mol. The van der Waals surface area contributed by atoms with Crippen LogP contribution in [-0.2, 0) is 19.5 Å². The summed E-state index contributed by atoms with van der Waals surface area (Å²) in [7, 11) is 0. The van der Waals surface area contributed by atoms with Crippen molar-refractivity contribution in [3.05, 3.63) is 38.0 Å². The normalized spacial score (nSPS) is 10.6. The Hall–Kier alpha value is -1.24. The molecule has 3 N–H and O–H groups in total. The molecule has 0 aliphatic rings. The van der Waals surface area contributed by atoms with E-state index in [9.17, 15) is 4.79 Å². The van der Waals surface area contributed by atoms with Crippen molar-refractivity contribution in [2.24, 2.45) is 5.73 Å². The minimum atomic E-state index is -0.141. The Morgan fingerprint density at radius 3 is 2.83 bits per heavy atom. The number of hydrogen-bond donors (Lipinski definition) is 2. The molecule has 0 spiro atoms. The van der Waals surface area contributed by atoms with Crippen LogP contribution in [0.2, 0.25) is 0 Å². The Morgan fingerprint density at radius 2 is 2.22 bits per heavy atom. The summed E-state index contributed by atoms with van der Waals surface area (Å²) < 4.78 is 0. The van der Waals surface area contributed by atoms with Crippen molar-refractivity contribution in [2.75, 3.05) is 0 Å². The second kappa shape index (κ2) is 6.08. The van der Waals surface area contributed by atoms with Gasteiger partial charge >= 0.3 is 0 Å². The van der Waals surface area contributed by atoms with Crippen molar-refractivity contribution < 1.29 is 4.79 Å². The zero-order chi connectivity index (χ0) is 13.0. The molecule has 0 aromatic carbocycles. The maximum absolute atomic E-state index is 11.8. The Balaban J connectivity index is 1.91. The number of aromatic nitrogens is 1. The number of nitrogens with one attached hydrogen (secondary N) is 1. The Bertz CT molecular complexity index is 533. The molecule has 4 nitrogen and oxygen atoms in total. The van der Waals surface area contributed by atoms with Gasteiger partial charge in [-0.2, -0.15) is 0 Å². The van der Waals surface area contributed by atoms with Gasteiger partial charge in [-0.3, -0.25) is 4.79 Å². The number of rotatable bonds is 5. The number of nitrogens with zero attached hydrogens (tertiary/aromatic N) is 1. The van der Waals surface area contributed by atoms with Gasteiger partial charge in [0, 0.05) is 21.7 Å². The average molecular weight is 281 g/mol. The van der Waals surface area contributed by atoms with E-state index in [1.54, 1.807) is 16.7 Å². The van der Waals surface area contributed by atoms with Crippen molar-refractivity contribution in [3.63, 3.8) is 0 Å². The van der Waals surface area contributed by atoms with Gasteiger partial charge in [0.25, 0.3) is 5.91 Å². The Morgan fingerprint density at radius 1 is 1.44 bits per heavy atom. The highest BCUT2D eigenvalue weighted by Gasteiger charge is 2.10. The fourth-order valence-electron chi connectivity index (χ4n) is 1.47. The molecule has 0 bridgehead atoms. The number of hydrogen-bond acceptors (Lipinski definition) is 5. The predicted octanol–water partition coefficient (Wildman–Crippen LogP) is 2.16. The number of carbonyl (C=O) groups excluding carboxylic acids is 1. The molecule has 2 aromatic rings. The summed E-state index contributed by atoms with van der Waals surface area (Å²) in [5.41, 5.74) is 5.92. The van der Waals surface area contributed by atoms with Gasteiger partial charge in [-0.1, -0.05) is 6.92 Å². The molecule has 96 valence electrons. The van der Waals surface area contributed by atoms with Crippen molar-refractivity contribution in [1.29, 1.82) is 0 Å². The molecule has 0 fully saturated rings. The zero-order valence-electron chi connectivity index (χ0n) is 10.1. The first-order valence-electron chi connectivity index (χ1n) is 5.73. The smallest absolute Gasteiger partial charge is 0.271 e. The number of thiazole rings is 1. The summed E-state index contributed by atoms with van der Waals surface area (Å²) in [5, 5.41) is 5.39. The lowest BCUT2D eigenvalue weighted by Gasteiger charge is -2.00. The van der Waals surface area contributed by atoms with Crippen molar-refractivity contribution >= 4 is 28.6 Å². The van der Waals surface area contributed by atoms with Crippen LogP contribution in [0.5, 0.6) is 0 Å². The highest BCUT2D eigenvalue weighted by molar-refractivity contribution is 7.12. The van der Waals surface area contributed by atoms with Gasteiger partial charge in [0.1, 0.15) is 10.7 Å². The van der Waals surface area contributed by atoms with Crippen molar-refractivity contribution in [3.8, 4) is 0 Å². The molecule has 0 atom stereocenters. The molecule has 2 aromatic heterocycles. The van der Waals surface area contributed by atoms with E-state index in [1.165, 1.54) is 16.2 Å². The third-order valence-corrected chi connectivity index (χ3v) is 4.55. The van der Waals surface area contributed by atoms with Gasteiger partial charge in [-0.05, 0) is 18.6 Å². The minimum absolute atomic E-state index is 0.141. The van der Waals surface area contributed by atoms with E-state index in [0.717, 1.165) is 16.3 Å². The van der Waals surface area contributed by atoms with Crippen LogP contribution in [0, 0.1) is 0 Å². The Kier molecular flexibility index (Phi) is 4.46. The first kappa shape index (κ1) is 13.2. The molecule has 0 aliphatic heterocycles. The third kappa shape index (κ3) is 3.16. The van der Waals surface area contributed by atoms with Gasteiger partial charge in [-0.15, -0.1) is 22.7 Å². The highest BCUT2D eigenvalue weighted by Crippen LogP contribution is 2.16. The van der Waals surface area contributed by atoms with Crippen LogP contribution in [0.3, 0.4) is 0 Å². The molecule has 0 saturated heterocycles. The topological polar surface area (TPSA) is 68.0 Å². The lowest BCUT2D eigenvalue weighted by molar-refractivity contribution is 0.0947. The summed E-state index contributed by atoms with van der Waals surface area (Å²) in [6.45, 7) is 3.06. The third-order valence-electron chi connectivity index (χ3n) is 2.45. The fourth-order valence-corrected chi connectivity index (χ4v) is 3.03. The fraction of sp³-hybridized carbons (Fsp3) is 0.333. The molecule has 0 radical (unpaired) electrons. The average Bonchev–Trinajstić information content (AvgIpc) is 3.04. The van der Waals surface area contributed by atoms with E-state index in [-0.39, 0.29) is 5.91 Å². The minimum Gasteiger partial charge on any atom is -0.346 e. The molecule has 0 unspecified atom stereocenters.